The third-order valence-corrected chi connectivity index (χ3v) is 2.42. The number of carboxylic acids is 1. The van der Waals surface area contributed by atoms with Gasteiger partial charge in [0.15, 0.2) is 0 Å². The molecule has 4 heteroatoms. The minimum atomic E-state index is -1.06. The maximum Gasteiger partial charge on any atom is 0.336 e. The Balaban J connectivity index is 2.82. The Hall–Kier alpha value is -1.97. The number of benzene rings is 1. The molecule has 0 saturated carbocycles. The number of pyridine rings is 1. The fourth-order valence-corrected chi connectivity index (χ4v) is 1.61. The van der Waals surface area contributed by atoms with Crippen LogP contribution in [0.5, 0.6) is 0 Å². The van der Waals surface area contributed by atoms with Crippen molar-refractivity contribution < 1.29 is 14.3 Å². The van der Waals surface area contributed by atoms with Gasteiger partial charge in [0.25, 0.3) is 0 Å². The summed E-state index contributed by atoms with van der Waals surface area (Å²) in [6.45, 7) is 1.89. The van der Waals surface area contributed by atoms with Gasteiger partial charge in [-0.15, -0.1) is 0 Å². The first kappa shape index (κ1) is 10.5. The van der Waals surface area contributed by atoms with Crippen molar-refractivity contribution in [3.8, 4) is 0 Å². The zero-order valence-corrected chi connectivity index (χ0v) is 8.70. The third-order valence-electron chi connectivity index (χ3n) is 2.42. The molecule has 16 heavy (non-hydrogen) atoms. The number of carbonyl (C=O) groups is 1. The molecule has 0 unspecified atom stereocenters. The Bertz CT molecular complexity index is 566. The maximum absolute atomic E-state index is 13.0. The fraction of sp³-hybridized carbons (Fsp3) is 0.167. The minimum absolute atomic E-state index is 0.0985. The van der Waals surface area contributed by atoms with Crippen LogP contribution in [0.25, 0.3) is 10.9 Å². The van der Waals surface area contributed by atoms with E-state index in [1.807, 2.05) is 6.92 Å². The van der Waals surface area contributed by atoms with Crippen molar-refractivity contribution in [2.75, 3.05) is 0 Å². The molecule has 0 amide bonds. The monoisotopic (exact) mass is 219 g/mol. The molecule has 1 aromatic heterocycles. The molecule has 2 aromatic rings. The lowest BCUT2D eigenvalue weighted by molar-refractivity contribution is 0.0699. The first-order valence-electron chi connectivity index (χ1n) is 4.94. The molecule has 0 saturated heterocycles. The number of aryl methyl sites for hydroxylation is 1. The van der Waals surface area contributed by atoms with Crippen molar-refractivity contribution in [1.29, 1.82) is 0 Å². The SMILES string of the molecule is CCc1cc(C(=O)O)c2cc(F)ccc2n1. The highest BCUT2D eigenvalue weighted by atomic mass is 19.1. The van der Waals surface area contributed by atoms with Gasteiger partial charge in [-0.2, -0.15) is 0 Å². The summed E-state index contributed by atoms with van der Waals surface area (Å²) in [6, 6.07) is 5.46. The van der Waals surface area contributed by atoms with Gasteiger partial charge in [0.2, 0.25) is 0 Å². The molecule has 0 bridgehead atoms. The van der Waals surface area contributed by atoms with Crippen LogP contribution in [0.2, 0.25) is 0 Å². The second kappa shape index (κ2) is 3.89. The molecule has 0 fully saturated rings. The zero-order chi connectivity index (χ0) is 11.7. The van der Waals surface area contributed by atoms with E-state index in [2.05, 4.69) is 4.98 Å². The van der Waals surface area contributed by atoms with Crippen molar-refractivity contribution >= 4 is 16.9 Å². The van der Waals surface area contributed by atoms with E-state index >= 15 is 0 Å². The van der Waals surface area contributed by atoms with E-state index in [1.165, 1.54) is 24.3 Å². The van der Waals surface area contributed by atoms with Gasteiger partial charge in [0.1, 0.15) is 5.82 Å². The molecule has 0 atom stereocenters. The van der Waals surface area contributed by atoms with Crippen molar-refractivity contribution in [1.82, 2.24) is 4.98 Å². The van der Waals surface area contributed by atoms with Crippen molar-refractivity contribution in [2.24, 2.45) is 0 Å². The van der Waals surface area contributed by atoms with Gasteiger partial charge in [-0.25, -0.2) is 9.18 Å². The summed E-state index contributed by atoms with van der Waals surface area (Å²) in [6.07, 6.45) is 0.646. The number of fused-ring (bicyclic) bond motifs is 1. The van der Waals surface area contributed by atoms with Crippen LogP contribution in [0.15, 0.2) is 24.3 Å². The van der Waals surface area contributed by atoms with Gasteiger partial charge in [0.05, 0.1) is 11.1 Å². The summed E-state index contributed by atoms with van der Waals surface area (Å²) >= 11 is 0. The summed E-state index contributed by atoms with van der Waals surface area (Å²) in [7, 11) is 0. The number of carboxylic acid groups (broad SMARTS) is 1. The fourth-order valence-electron chi connectivity index (χ4n) is 1.61. The van der Waals surface area contributed by atoms with E-state index in [0.29, 0.717) is 23.0 Å². The second-order valence-corrected chi connectivity index (χ2v) is 3.48. The molecule has 0 aliphatic heterocycles. The molecule has 1 aromatic carbocycles. The van der Waals surface area contributed by atoms with E-state index < -0.39 is 11.8 Å². The Morgan fingerprint density at radius 2 is 2.19 bits per heavy atom. The van der Waals surface area contributed by atoms with Gasteiger partial charge < -0.3 is 5.11 Å². The largest absolute Gasteiger partial charge is 0.478 e. The Morgan fingerprint density at radius 1 is 1.44 bits per heavy atom. The number of hydrogen-bond donors (Lipinski definition) is 1. The molecule has 0 radical (unpaired) electrons. The quantitative estimate of drug-likeness (QED) is 0.844. The van der Waals surface area contributed by atoms with Crippen LogP contribution < -0.4 is 0 Å². The van der Waals surface area contributed by atoms with Crippen LogP contribution in [0, 0.1) is 5.82 Å². The Labute approximate surface area is 91.5 Å². The summed E-state index contributed by atoms with van der Waals surface area (Å²) in [5.74, 6) is -1.52. The van der Waals surface area contributed by atoms with Crippen LogP contribution in [0.1, 0.15) is 23.0 Å². The van der Waals surface area contributed by atoms with Crippen LogP contribution in [-0.4, -0.2) is 16.1 Å². The summed E-state index contributed by atoms with van der Waals surface area (Å²) in [4.78, 5) is 15.3. The molecule has 0 spiro atoms. The molecule has 1 heterocycles. The van der Waals surface area contributed by atoms with Crippen molar-refractivity contribution in [2.45, 2.75) is 13.3 Å². The van der Waals surface area contributed by atoms with Crippen LogP contribution >= 0.6 is 0 Å². The lowest BCUT2D eigenvalue weighted by atomic mass is 10.1. The Morgan fingerprint density at radius 3 is 2.81 bits per heavy atom. The predicted octanol–water partition coefficient (Wildman–Crippen LogP) is 2.63. The number of halogens is 1. The average Bonchev–Trinajstić information content (AvgIpc) is 2.27. The maximum atomic E-state index is 13.0. The molecule has 0 aliphatic carbocycles. The number of aromatic carboxylic acids is 1. The molecule has 3 nitrogen and oxygen atoms in total. The van der Waals surface area contributed by atoms with Crippen molar-refractivity contribution in [3.63, 3.8) is 0 Å². The average molecular weight is 219 g/mol. The third kappa shape index (κ3) is 1.74. The summed E-state index contributed by atoms with van der Waals surface area (Å²) in [5, 5.41) is 9.38. The first-order chi connectivity index (χ1) is 7.61. The van der Waals surface area contributed by atoms with E-state index in [9.17, 15) is 9.18 Å². The lowest BCUT2D eigenvalue weighted by Crippen LogP contribution is -2.01. The van der Waals surface area contributed by atoms with E-state index in [0.717, 1.165) is 0 Å². The lowest BCUT2D eigenvalue weighted by Gasteiger charge is -2.05. The second-order valence-electron chi connectivity index (χ2n) is 3.48. The smallest absolute Gasteiger partial charge is 0.336 e. The zero-order valence-electron chi connectivity index (χ0n) is 8.70. The number of aromatic nitrogens is 1. The highest BCUT2D eigenvalue weighted by Crippen LogP contribution is 2.20. The van der Waals surface area contributed by atoms with Gasteiger partial charge in [0, 0.05) is 11.1 Å². The van der Waals surface area contributed by atoms with E-state index in [4.69, 9.17) is 5.11 Å². The van der Waals surface area contributed by atoms with Gasteiger partial charge in [-0.1, -0.05) is 6.92 Å². The van der Waals surface area contributed by atoms with Gasteiger partial charge >= 0.3 is 5.97 Å². The van der Waals surface area contributed by atoms with Gasteiger partial charge in [-0.05, 0) is 30.7 Å². The predicted molar refractivity (Wildman–Crippen MR) is 58.0 cm³/mol. The van der Waals surface area contributed by atoms with Crippen LogP contribution in [0.3, 0.4) is 0 Å². The van der Waals surface area contributed by atoms with Crippen molar-refractivity contribution in [3.05, 3.63) is 41.3 Å². The molecule has 2 rings (SSSR count). The van der Waals surface area contributed by atoms with Gasteiger partial charge in [-0.3, -0.25) is 4.98 Å². The van der Waals surface area contributed by atoms with Crippen LogP contribution in [-0.2, 0) is 6.42 Å². The molecular formula is C12H10FNO2. The number of nitrogens with zero attached hydrogens (tertiary/aromatic N) is 1. The molecule has 1 N–H and O–H groups in total. The van der Waals surface area contributed by atoms with Crippen LogP contribution in [0.4, 0.5) is 4.39 Å². The topological polar surface area (TPSA) is 50.2 Å². The molecule has 82 valence electrons. The normalized spacial score (nSPS) is 10.6. The molecular weight excluding hydrogens is 209 g/mol. The summed E-state index contributed by atoms with van der Waals surface area (Å²) < 4.78 is 13.0. The molecule has 0 aliphatic rings. The minimum Gasteiger partial charge on any atom is -0.478 e. The van der Waals surface area contributed by atoms with E-state index in [-0.39, 0.29) is 5.56 Å². The standard InChI is InChI=1S/C12H10FNO2/c1-2-8-6-10(12(15)16)9-5-7(13)3-4-11(9)14-8/h3-6H,2H2,1H3,(H,15,16). The van der Waals surface area contributed by atoms with E-state index in [1.54, 1.807) is 0 Å². The highest BCUT2D eigenvalue weighted by molar-refractivity contribution is 6.02. The highest BCUT2D eigenvalue weighted by Gasteiger charge is 2.11. The Kier molecular flexibility index (Phi) is 2.56. The number of rotatable bonds is 2. The number of hydrogen-bond acceptors (Lipinski definition) is 2. The summed E-state index contributed by atoms with van der Waals surface area (Å²) in [5.41, 5.74) is 1.30. The first-order valence-corrected chi connectivity index (χ1v) is 4.94.